The summed E-state index contributed by atoms with van der Waals surface area (Å²) in [5.74, 6) is -0.943. The number of aromatic carboxylic acids is 1. The average molecular weight is 331 g/mol. The van der Waals surface area contributed by atoms with Gasteiger partial charge in [0.05, 0.1) is 22.3 Å². The van der Waals surface area contributed by atoms with Crippen molar-refractivity contribution in [2.24, 2.45) is 0 Å². The fourth-order valence-electron chi connectivity index (χ4n) is 2.23. The molecule has 20 heavy (non-hydrogen) atoms. The van der Waals surface area contributed by atoms with Crippen molar-refractivity contribution in [2.45, 2.75) is 6.92 Å². The van der Waals surface area contributed by atoms with E-state index in [0.29, 0.717) is 5.52 Å². The number of hydrogen-bond donors (Lipinski definition) is 1. The number of benzene rings is 2. The Balaban J connectivity index is 2.20. The molecule has 1 aromatic heterocycles. The van der Waals surface area contributed by atoms with Gasteiger partial charge >= 0.3 is 5.97 Å². The van der Waals surface area contributed by atoms with Crippen LogP contribution in [0.4, 0.5) is 0 Å². The summed E-state index contributed by atoms with van der Waals surface area (Å²) in [6.07, 6.45) is 1.71. The van der Waals surface area contributed by atoms with Crippen molar-refractivity contribution in [1.29, 1.82) is 0 Å². The Morgan fingerprint density at radius 3 is 2.75 bits per heavy atom. The number of carbonyl (C=O) groups is 1. The monoisotopic (exact) mass is 330 g/mol. The summed E-state index contributed by atoms with van der Waals surface area (Å²) < 4.78 is 2.99. The van der Waals surface area contributed by atoms with Crippen LogP contribution in [-0.4, -0.2) is 20.6 Å². The molecule has 0 fully saturated rings. The van der Waals surface area contributed by atoms with Crippen LogP contribution in [0.25, 0.3) is 16.7 Å². The number of halogens is 1. The summed E-state index contributed by atoms with van der Waals surface area (Å²) in [6, 6.07) is 11.0. The predicted molar refractivity (Wildman–Crippen MR) is 80.5 cm³/mol. The molecular formula is C15H11BrN2O2. The lowest BCUT2D eigenvalue weighted by atomic mass is 10.1. The van der Waals surface area contributed by atoms with Crippen LogP contribution in [0.2, 0.25) is 0 Å². The quantitative estimate of drug-likeness (QED) is 0.777. The summed E-state index contributed by atoms with van der Waals surface area (Å²) in [5.41, 5.74) is 3.95. The molecule has 1 heterocycles. The van der Waals surface area contributed by atoms with Crippen LogP contribution >= 0.6 is 15.9 Å². The first-order valence-electron chi connectivity index (χ1n) is 6.03. The number of hydrogen-bond acceptors (Lipinski definition) is 2. The van der Waals surface area contributed by atoms with Crippen LogP contribution in [0, 0.1) is 6.92 Å². The van der Waals surface area contributed by atoms with E-state index in [1.807, 2.05) is 29.7 Å². The van der Waals surface area contributed by atoms with E-state index in [-0.39, 0.29) is 5.56 Å². The van der Waals surface area contributed by atoms with Gasteiger partial charge in [-0.05, 0) is 48.9 Å². The van der Waals surface area contributed by atoms with Crippen molar-refractivity contribution in [3.05, 3.63) is 58.3 Å². The third-order valence-electron chi connectivity index (χ3n) is 3.21. The van der Waals surface area contributed by atoms with Crippen LogP contribution in [0.3, 0.4) is 0 Å². The van der Waals surface area contributed by atoms with E-state index in [2.05, 4.69) is 20.9 Å². The molecule has 0 unspecified atom stereocenters. The predicted octanol–water partition coefficient (Wildman–Crippen LogP) is 3.79. The summed E-state index contributed by atoms with van der Waals surface area (Å²) in [4.78, 5) is 15.3. The Morgan fingerprint density at radius 2 is 2.05 bits per heavy atom. The lowest BCUT2D eigenvalue weighted by molar-refractivity contribution is 0.0697. The molecular weight excluding hydrogens is 320 g/mol. The molecule has 0 saturated heterocycles. The maximum Gasteiger partial charge on any atom is 0.335 e. The molecule has 0 saturated carbocycles. The molecule has 0 atom stereocenters. The summed E-state index contributed by atoms with van der Waals surface area (Å²) in [6.45, 7) is 2.03. The molecule has 3 rings (SSSR count). The highest BCUT2D eigenvalue weighted by atomic mass is 79.9. The van der Waals surface area contributed by atoms with Crippen LogP contribution in [0.5, 0.6) is 0 Å². The number of carboxylic acid groups (broad SMARTS) is 1. The molecule has 0 bridgehead atoms. The molecule has 0 aliphatic carbocycles. The van der Waals surface area contributed by atoms with Gasteiger partial charge in [0, 0.05) is 4.47 Å². The third-order valence-corrected chi connectivity index (χ3v) is 3.71. The zero-order chi connectivity index (χ0) is 14.3. The molecule has 4 nitrogen and oxygen atoms in total. The molecule has 100 valence electrons. The van der Waals surface area contributed by atoms with Gasteiger partial charge in [-0.25, -0.2) is 9.78 Å². The standard InChI is InChI=1S/C15H11BrN2O2/c1-9-6-11(16)3-5-13(9)18-8-17-12-7-10(15(19)20)2-4-14(12)18/h2-8H,1H3,(H,19,20). The topological polar surface area (TPSA) is 55.1 Å². The molecule has 1 N–H and O–H groups in total. The minimum atomic E-state index is -0.943. The van der Waals surface area contributed by atoms with Crippen LogP contribution in [-0.2, 0) is 0 Å². The highest BCUT2D eigenvalue weighted by molar-refractivity contribution is 9.10. The molecule has 2 aromatic carbocycles. The van der Waals surface area contributed by atoms with Crippen molar-refractivity contribution in [3.8, 4) is 5.69 Å². The van der Waals surface area contributed by atoms with Gasteiger partial charge in [-0.15, -0.1) is 0 Å². The van der Waals surface area contributed by atoms with Gasteiger partial charge in [-0.1, -0.05) is 15.9 Å². The fourth-order valence-corrected chi connectivity index (χ4v) is 2.70. The normalized spacial score (nSPS) is 10.9. The van der Waals surface area contributed by atoms with Crippen molar-refractivity contribution < 1.29 is 9.90 Å². The Labute approximate surface area is 123 Å². The van der Waals surface area contributed by atoms with Gasteiger partial charge in [0.1, 0.15) is 6.33 Å². The number of aromatic nitrogens is 2. The number of nitrogens with zero attached hydrogens (tertiary/aromatic N) is 2. The van der Waals surface area contributed by atoms with E-state index in [0.717, 1.165) is 21.2 Å². The smallest absolute Gasteiger partial charge is 0.335 e. The zero-order valence-electron chi connectivity index (χ0n) is 10.7. The second kappa shape index (κ2) is 4.76. The second-order valence-corrected chi connectivity index (χ2v) is 5.47. The lowest BCUT2D eigenvalue weighted by Gasteiger charge is -2.08. The highest BCUT2D eigenvalue weighted by Gasteiger charge is 2.10. The van der Waals surface area contributed by atoms with E-state index >= 15 is 0 Å². The first kappa shape index (κ1) is 12.9. The fraction of sp³-hybridized carbons (Fsp3) is 0.0667. The van der Waals surface area contributed by atoms with Gasteiger partial charge in [-0.2, -0.15) is 0 Å². The molecule has 0 aliphatic heterocycles. The number of carboxylic acids is 1. The molecule has 0 spiro atoms. The van der Waals surface area contributed by atoms with Gasteiger partial charge in [-0.3, -0.25) is 4.57 Å². The van der Waals surface area contributed by atoms with Gasteiger partial charge < -0.3 is 5.11 Å². The van der Waals surface area contributed by atoms with Crippen molar-refractivity contribution >= 4 is 32.9 Å². The lowest BCUT2D eigenvalue weighted by Crippen LogP contribution is -1.97. The first-order chi connectivity index (χ1) is 9.56. The Morgan fingerprint density at radius 1 is 1.25 bits per heavy atom. The zero-order valence-corrected chi connectivity index (χ0v) is 12.3. The maximum absolute atomic E-state index is 11.0. The number of imidazole rings is 1. The molecule has 3 aromatic rings. The second-order valence-electron chi connectivity index (χ2n) is 4.55. The maximum atomic E-state index is 11.0. The van der Waals surface area contributed by atoms with Crippen molar-refractivity contribution in [2.75, 3.05) is 0 Å². The van der Waals surface area contributed by atoms with Crippen LogP contribution in [0.1, 0.15) is 15.9 Å². The van der Waals surface area contributed by atoms with Gasteiger partial charge in [0.25, 0.3) is 0 Å². The molecule has 0 radical (unpaired) electrons. The van der Waals surface area contributed by atoms with Crippen LogP contribution < -0.4 is 0 Å². The Bertz CT molecular complexity index is 824. The van der Waals surface area contributed by atoms with E-state index < -0.39 is 5.97 Å². The van der Waals surface area contributed by atoms with E-state index in [1.165, 1.54) is 0 Å². The minimum Gasteiger partial charge on any atom is -0.478 e. The molecule has 5 heteroatoms. The number of aryl methyl sites for hydroxylation is 1. The Hall–Kier alpha value is -2.14. The minimum absolute atomic E-state index is 0.246. The summed E-state index contributed by atoms with van der Waals surface area (Å²) in [7, 11) is 0. The van der Waals surface area contributed by atoms with Crippen molar-refractivity contribution in [3.63, 3.8) is 0 Å². The van der Waals surface area contributed by atoms with E-state index in [9.17, 15) is 4.79 Å². The Kier molecular flexibility index (Phi) is 3.06. The highest BCUT2D eigenvalue weighted by Crippen LogP contribution is 2.24. The summed E-state index contributed by atoms with van der Waals surface area (Å²) >= 11 is 3.44. The number of fused-ring (bicyclic) bond motifs is 1. The van der Waals surface area contributed by atoms with E-state index in [4.69, 9.17) is 5.11 Å². The molecule has 0 aliphatic rings. The summed E-state index contributed by atoms with van der Waals surface area (Å²) in [5, 5.41) is 9.00. The van der Waals surface area contributed by atoms with Crippen LogP contribution in [0.15, 0.2) is 47.2 Å². The number of rotatable bonds is 2. The van der Waals surface area contributed by atoms with Gasteiger partial charge in [0.15, 0.2) is 0 Å². The van der Waals surface area contributed by atoms with Gasteiger partial charge in [0.2, 0.25) is 0 Å². The largest absolute Gasteiger partial charge is 0.478 e. The van der Waals surface area contributed by atoms with E-state index in [1.54, 1.807) is 24.5 Å². The average Bonchev–Trinajstić information content (AvgIpc) is 2.81. The first-order valence-corrected chi connectivity index (χ1v) is 6.82. The SMILES string of the molecule is Cc1cc(Br)ccc1-n1cnc2cc(C(=O)O)ccc21. The third kappa shape index (κ3) is 2.10. The van der Waals surface area contributed by atoms with Crippen molar-refractivity contribution in [1.82, 2.24) is 9.55 Å². The molecule has 0 amide bonds.